The van der Waals surface area contributed by atoms with Crippen LogP contribution in [0.25, 0.3) is 6.08 Å². The largest absolute Gasteiger partial charge is 0.427 e. The highest BCUT2D eigenvalue weighted by Gasteiger charge is 2.53. The minimum Gasteiger partial charge on any atom is -0.427 e. The number of benzene rings is 2. The summed E-state index contributed by atoms with van der Waals surface area (Å²) in [6.45, 7) is 4.29. The van der Waals surface area contributed by atoms with Crippen molar-refractivity contribution in [1.29, 1.82) is 0 Å². The molecule has 3 aliphatic rings. The van der Waals surface area contributed by atoms with Crippen molar-refractivity contribution in [1.82, 2.24) is 10.2 Å². The highest BCUT2D eigenvalue weighted by molar-refractivity contribution is 5.92. The molecule has 0 aromatic heterocycles. The number of fused-ring (bicyclic) bond motifs is 1. The highest BCUT2D eigenvalue weighted by atomic mass is 19.4. The molecule has 4 unspecified atom stereocenters. The number of hydrogen-bond donors (Lipinski definition) is 1. The van der Waals surface area contributed by atoms with Gasteiger partial charge in [0.15, 0.2) is 0 Å². The molecule has 1 N–H and O–H groups in total. The number of carbonyl (C=O) groups excluding carboxylic acids is 2. The second-order valence-electron chi connectivity index (χ2n) is 11.7. The molecule has 2 aliphatic carbocycles. The van der Waals surface area contributed by atoms with E-state index in [2.05, 4.69) is 16.3 Å². The van der Waals surface area contributed by atoms with E-state index in [1.165, 1.54) is 44.1 Å². The Balaban J connectivity index is 1.38. The Morgan fingerprint density at radius 2 is 1.93 bits per heavy atom. The number of likely N-dealkylation sites (tertiary alicyclic amines) is 1. The van der Waals surface area contributed by atoms with E-state index in [1.54, 1.807) is 13.2 Å². The number of nitrogens with zero attached hydrogens (tertiary/aromatic N) is 1. The first-order valence-electron chi connectivity index (χ1n) is 14.3. The van der Waals surface area contributed by atoms with Crippen LogP contribution in [0.5, 0.6) is 5.75 Å². The molecule has 4 atom stereocenters. The lowest BCUT2D eigenvalue weighted by molar-refractivity contribution is -0.137. The molecule has 220 valence electrons. The molecule has 1 saturated heterocycles. The number of alkyl halides is 3. The first-order chi connectivity index (χ1) is 19.6. The molecule has 1 aliphatic heterocycles. The molecule has 2 saturated carbocycles. The maximum Gasteiger partial charge on any atom is 0.416 e. The van der Waals surface area contributed by atoms with Gasteiger partial charge in [0.1, 0.15) is 5.75 Å². The predicted octanol–water partition coefficient (Wildman–Crippen LogP) is 5.61. The standard InChI is InChI=1S/C32H37F3N2O4/c1-21(38)41-27-8-4-6-24(16-27)31-13-14-37(19-23-9-10-23)20-28(31)29(40-2)17-26(18-31)36-30(39)12-11-22-5-3-7-25(15-22)32(33,34)35/h3-8,11-12,15-16,23,26,28-29H,9-10,13-14,17-20H2,1-2H3,(H,36,39). The van der Waals surface area contributed by atoms with Gasteiger partial charge in [-0.2, -0.15) is 13.2 Å². The van der Waals surface area contributed by atoms with E-state index < -0.39 is 11.7 Å². The van der Waals surface area contributed by atoms with E-state index >= 15 is 0 Å². The Morgan fingerprint density at radius 1 is 1.15 bits per heavy atom. The van der Waals surface area contributed by atoms with Crippen LogP contribution in [0.15, 0.2) is 54.6 Å². The zero-order chi connectivity index (χ0) is 29.2. The summed E-state index contributed by atoms with van der Waals surface area (Å²) in [5.74, 6) is 0.700. The van der Waals surface area contributed by atoms with Crippen LogP contribution in [0.2, 0.25) is 0 Å². The smallest absolute Gasteiger partial charge is 0.416 e. The minimum absolute atomic E-state index is 0.110. The summed E-state index contributed by atoms with van der Waals surface area (Å²) < 4.78 is 50.8. The Hall–Kier alpha value is -3.17. The van der Waals surface area contributed by atoms with Crippen molar-refractivity contribution >= 4 is 18.0 Å². The molecule has 1 amide bonds. The van der Waals surface area contributed by atoms with Crippen molar-refractivity contribution in [3.05, 3.63) is 71.3 Å². The topological polar surface area (TPSA) is 67.9 Å². The number of hydrogen-bond acceptors (Lipinski definition) is 5. The van der Waals surface area contributed by atoms with E-state index in [0.717, 1.165) is 49.7 Å². The Bertz CT molecular complexity index is 1290. The quantitative estimate of drug-likeness (QED) is 0.254. The lowest BCUT2D eigenvalue weighted by Gasteiger charge is -2.55. The van der Waals surface area contributed by atoms with Crippen molar-refractivity contribution in [2.45, 2.75) is 62.8 Å². The lowest BCUT2D eigenvalue weighted by atomic mass is 9.57. The van der Waals surface area contributed by atoms with Gasteiger partial charge in [0.2, 0.25) is 5.91 Å². The third-order valence-corrected chi connectivity index (χ3v) is 8.79. The second kappa shape index (κ2) is 12.0. The van der Waals surface area contributed by atoms with E-state index in [9.17, 15) is 22.8 Å². The first-order valence-corrected chi connectivity index (χ1v) is 14.3. The fourth-order valence-corrected chi connectivity index (χ4v) is 6.74. The van der Waals surface area contributed by atoms with E-state index in [0.29, 0.717) is 24.2 Å². The number of carbonyl (C=O) groups is 2. The van der Waals surface area contributed by atoms with Crippen molar-refractivity contribution in [3.8, 4) is 5.75 Å². The van der Waals surface area contributed by atoms with Crippen LogP contribution in [0.4, 0.5) is 13.2 Å². The summed E-state index contributed by atoms with van der Waals surface area (Å²) in [7, 11) is 1.71. The maximum absolute atomic E-state index is 13.1. The van der Waals surface area contributed by atoms with Crippen LogP contribution >= 0.6 is 0 Å². The number of esters is 1. The molecule has 9 heteroatoms. The van der Waals surface area contributed by atoms with E-state index in [4.69, 9.17) is 9.47 Å². The van der Waals surface area contributed by atoms with Gasteiger partial charge in [-0.3, -0.25) is 9.59 Å². The third-order valence-electron chi connectivity index (χ3n) is 8.79. The fourth-order valence-electron chi connectivity index (χ4n) is 6.74. The summed E-state index contributed by atoms with van der Waals surface area (Å²) in [6.07, 6.45) is 2.89. The van der Waals surface area contributed by atoms with Crippen molar-refractivity contribution < 1.29 is 32.2 Å². The molecule has 6 nitrogen and oxygen atoms in total. The maximum atomic E-state index is 13.1. The van der Waals surface area contributed by atoms with Gasteiger partial charge in [0.25, 0.3) is 0 Å². The summed E-state index contributed by atoms with van der Waals surface area (Å²) in [5, 5.41) is 3.10. The molecular formula is C32H37F3N2O4. The Morgan fingerprint density at radius 3 is 2.63 bits per heavy atom. The van der Waals surface area contributed by atoms with Gasteiger partial charge in [-0.15, -0.1) is 0 Å². The number of piperidine rings is 1. The van der Waals surface area contributed by atoms with Crippen LogP contribution in [0.3, 0.4) is 0 Å². The number of methoxy groups -OCH3 is 1. The van der Waals surface area contributed by atoms with Crippen molar-refractivity contribution in [2.24, 2.45) is 11.8 Å². The first kappa shape index (κ1) is 29.3. The second-order valence-corrected chi connectivity index (χ2v) is 11.7. The molecule has 1 heterocycles. The zero-order valence-electron chi connectivity index (χ0n) is 23.5. The average molecular weight is 571 g/mol. The molecule has 2 aromatic carbocycles. The van der Waals surface area contributed by atoms with Crippen LogP contribution in [0.1, 0.15) is 55.7 Å². The van der Waals surface area contributed by atoms with Crippen molar-refractivity contribution in [2.75, 3.05) is 26.7 Å². The summed E-state index contributed by atoms with van der Waals surface area (Å²) in [6, 6.07) is 12.4. The monoisotopic (exact) mass is 570 g/mol. The van der Waals surface area contributed by atoms with Crippen LogP contribution in [-0.4, -0.2) is 55.7 Å². The highest BCUT2D eigenvalue weighted by Crippen LogP contribution is 2.51. The van der Waals surface area contributed by atoms with Gasteiger partial charge in [-0.25, -0.2) is 0 Å². The summed E-state index contributed by atoms with van der Waals surface area (Å²) in [4.78, 5) is 27.2. The number of amides is 1. The third kappa shape index (κ3) is 7.01. The average Bonchev–Trinajstić information content (AvgIpc) is 3.75. The van der Waals surface area contributed by atoms with Crippen LogP contribution in [0, 0.1) is 11.8 Å². The normalized spacial score (nSPS) is 26.9. The Labute approximate surface area is 238 Å². The van der Waals surface area contributed by atoms with Gasteiger partial charge in [0, 0.05) is 50.6 Å². The number of halogens is 3. The fraction of sp³-hybridized carbons (Fsp3) is 0.500. The molecular weight excluding hydrogens is 533 g/mol. The lowest BCUT2D eigenvalue weighted by Crippen LogP contribution is -2.61. The van der Waals surface area contributed by atoms with Crippen LogP contribution in [-0.2, 0) is 25.9 Å². The van der Waals surface area contributed by atoms with Crippen LogP contribution < -0.4 is 10.1 Å². The zero-order valence-corrected chi connectivity index (χ0v) is 23.5. The van der Waals surface area contributed by atoms with E-state index in [-0.39, 0.29) is 35.4 Å². The summed E-state index contributed by atoms with van der Waals surface area (Å²) in [5.41, 5.74) is 0.299. The molecule has 5 rings (SSSR count). The molecule has 0 radical (unpaired) electrons. The predicted molar refractivity (Wildman–Crippen MR) is 149 cm³/mol. The summed E-state index contributed by atoms with van der Waals surface area (Å²) >= 11 is 0. The number of nitrogens with one attached hydrogen (secondary N) is 1. The van der Waals surface area contributed by atoms with Gasteiger partial charge in [-0.05, 0) is 86.0 Å². The Kier molecular flexibility index (Phi) is 8.57. The van der Waals surface area contributed by atoms with Gasteiger partial charge < -0.3 is 19.7 Å². The molecule has 3 fully saturated rings. The van der Waals surface area contributed by atoms with Gasteiger partial charge in [-0.1, -0.05) is 24.3 Å². The molecule has 0 spiro atoms. The van der Waals surface area contributed by atoms with Gasteiger partial charge >= 0.3 is 12.1 Å². The van der Waals surface area contributed by atoms with Crippen molar-refractivity contribution in [3.63, 3.8) is 0 Å². The molecule has 41 heavy (non-hydrogen) atoms. The molecule has 2 aromatic rings. The molecule has 0 bridgehead atoms. The number of ether oxygens (including phenoxy) is 2. The van der Waals surface area contributed by atoms with Gasteiger partial charge in [0.05, 0.1) is 11.7 Å². The van der Waals surface area contributed by atoms with E-state index in [1.807, 2.05) is 12.1 Å². The SMILES string of the molecule is COC1CC(NC(=O)C=Cc2cccc(C(F)(F)F)c2)CC2(c3cccc(OC(C)=O)c3)CCN(CC3CC3)CC12. The number of rotatable bonds is 8. The minimum atomic E-state index is -4.45.